The lowest BCUT2D eigenvalue weighted by Crippen LogP contribution is -2.67. The summed E-state index contributed by atoms with van der Waals surface area (Å²) in [4.78, 5) is 116. The monoisotopic (exact) mass is 1110 g/mol. The first-order valence-electron chi connectivity index (χ1n) is 28.5. The SMILES string of the molecule is NCCOC(=O)N1CCN2C(=O)[C@@H]3Cc4ccccc4CN3C(=O)[C@H](Cc3ccc(OCc4ccccc4)cc3)NC(=O)[C@H](CN3CCNCC3)CC(=O)[C@@H](Cc3c[nH]c4ccccc34)NC(=O)[C@H](CCc3ccccc3)NC(=O)[C@@H]2C1. The molecule has 3 fully saturated rings. The van der Waals surface area contributed by atoms with E-state index in [1.54, 1.807) is 6.20 Å². The molecule has 0 saturated carbocycles. The number of Topliss-reactive ketones (excluding diaryl/α,β-unsaturated/α-hetero) is 1. The molecule has 7 N–H and O–H groups in total. The van der Waals surface area contributed by atoms with Gasteiger partial charge in [0.05, 0.1) is 18.5 Å². The minimum atomic E-state index is -1.36. The molecule has 5 heterocycles. The maximum atomic E-state index is 15.9. The van der Waals surface area contributed by atoms with E-state index >= 15 is 28.8 Å². The molecule has 6 atom stereocenters. The number of aryl methyl sites for hydroxylation is 1. The van der Waals surface area contributed by atoms with Crippen molar-refractivity contribution in [2.75, 3.05) is 65.5 Å². The Morgan fingerprint density at radius 3 is 2.05 bits per heavy atom. The highest BCUT2D eigenvalue weighted by molar-refractivity contribution is 5.99. The molecule has 1 aromatic heterocycles. The van der Waals surface area contributed by atoms with Gasteiger partial charge in [-0.1, -0.05) is 115 Å². The first kappa shape index (κ1) is 56.9. The van der Waals surface area contributed by atoms with Crippen molar-refractivity contribution in [1.82, 2.24) is 45.9 Å². The summed E-state index contributed by atoms with van der Waals surface area (Å²) < 4.78 is 11.5. The predicted octanol–water partition coefficient (Wildman–Crippen LogP) is 3.68. The van der Waals surface area contributed by atoms with E-state index in [0.717, 1.165) is 38.7 Å². The molecule has 0 aliphatic carbocycles. The summed E-state index contributed by atoms with van der Waals surface area (Å²) in [6, 6.07) is 35.5. The van der Waals surface area contributed by atoms with E-state index in [2.05, 4.69) is 31.2 Å². The molecule has 5 aromatic carbocycles. The van der Waals surface area contributed by atoms with Crippen LogP contribution < -0.4 is 31.7 Å². The van der Waals surface area contributed by atoms with Crippen molar-refractivity contribution >= 4 is 52.3 Å². The van der Waals surface area contributed by atoms with Gasteiger partial charge in [0, 0.05) is 102 Å². The van der Waals surface area contributed by atoms with Crippen molar-refractivity contribution in [2.45, 2.75) is 81.9 Å². The van der Waals surface area contributed by atoms with Crippen molar-refractivity contribution in [3.63, 3.8) is 0 Å². The number of carbonyl (C=O) groups excluding carboxylic acids is 7. The number of aromatic amines is 1. The molecule has 10 rings (SSSR count). The van der Waals surface area contributed by atoms with Crippen LogP contribution in [-0.4, -0.2) is 162 Å². The highest BCUT2D eigenvalue weighted by Gasteiger charge is 2.46. The summed E-state index contributed by atoms with van der Waals surface area (Å²) in [6.45, 7) is 2.65. The molecule has 0 radical (unpaired) electrons. The second kappa shape index (κ2) is 26.9. The van der Waals surface area contributed by atoms with Crippen molar-refractivity contribution in [1.29, 1.82) is 0 Å². The second-order valence-electron chi connectivity index (χ2n) is 21.7. The van der Waals surface area contributed by atoms with Crippen LogP contribution in [0.1, 0.15) is 46.2 Å². The number of fused-ring (bicyclic) bond motifs is 4. The van der Waals surface area contributed by atoms with Crippen LogP contribution in [0.2, 0.25) is 0 Å². The van der Waals surface area contributed by atoms with Crippen LogP contribution >= 0.6 is 0 Å². The predicted molar refractivity (Wildman–Crippen MR) is 308 cm³/mol. The largest absolute Gasteiger partial charge is 0.489 e. The summed E-state index contributed by atoms with van der Waals surface area (Å²) in [5, 5.41) is 13.4. The van der Waals surface area contributed by atoms with Crippen molar-refractivity contribution < 1.29 is 43.0 Å². The molecule has 0 spiro atoms. The minimum absolute atomic E-state index is 0.00618. The molecule has 4 aliphatic rings. The number of H-pyrrole nitrogens is 1. The summed E-state index contributed by atoms with van der Waals surface area (Å²) >= 11 is 0. The zero-order valence-corrected chi connectivity index (χ0v) is 46.0. The number of aromatic nitrogens is 1. The number of nitrogens with two attached hydrogens (primary N) is 1. The summed E-state index contributed by atoms with van der Waals surface area (Å²) in [5.74, 6) is -3.77. The fourth-order valence-electron chi connectivity index (χ4n) is 11.6. The smallest absolute Gasteiger partial charge is 0.409 e. The number of piperazine rings is 2. The number of ketones is 1. The molecular weight excluding hydrogens is 1040 g/mol. The van der Waals surface area contributed by atoms with Crippen LogP contribution in [0, 0.1) is 5.92 Å². The van der Waals surface area contributed by atoms with E-state index < -0.39 is 77.5 Å². The van der Waals surface area contributed by atoms with E-state index in [4.69, 9.17) is 15.2 Å². The summed E-state index contributed by atoms with van der Waals surface area (Å²) in [6.07, 6.45) is 1.36. The van der Waals surface area contributed by atoms with Crippen LogP contribution in [0.25, 0.3) is 10.9 Å². The Labute approximate surface area is 477 Å². The van der Waals surface area contributed by atoms with E-state index in [1.807, 2.05) is 133 Å². The van der Waals surface area contributed by atoms with Gasteiger partial charge >= 0.3 is 6.09 Å². The van der Waals surface area contributed by atoms with Gasteiger partial charge in [-0.3, -0.25) is 28.8 Å². The number of amides is 6. The van der Waals surface area contributed by atoms with Gasteiger partial charge < -0.3 is 61.1 Å². The Kier molecular flexibility index (Phi) is 18.7. The number of hydrogen-bond donors (Lipinski definition) is 6. The van der Waals surface area contributed by atoms with Crippen LogP contribution in [0.15, 0.2) is 140 Å². The number of rotatable bonds is 14. The number of benzene rings is 5. The van der Waals surface area contributed by atoms with Crippen molar-refractivity contribution in [3.8, 4) is 5.75 Å². The lowest BCUT2D eigenvalue weighted by Gasteiger charge is -2.45. The zero-order valence-electron chi connectivity index (χ0n) is 46.0. The molecule has 19 heteroatoms. The fraction of sp³-hybridized carbons (Fsp3) is 0.381. The first-order chi connectivity index (χ1) is 40.0. The minimum Gasteiger partial charge on any atom is -0.489 e. The molecule has 82 heavy (non-hydrogen) atoms. The van der Waals surface area contributed by atoms with Gasteiger partial charge in [0.25, 0.3) is 0 Å². The number of nitrogens with one attached hydrogen (secondary N) is 5. The van der Waals surface area contributed by atoms with Gasteiger partial charge in [-0.05, 0) is 64.4 Å². The van der Waals surface area contributed by atoms with E-state index in [-0.39, 0.29) is 78.0 Å². The fourth-order valence-corrected chi connectivity index (χ4v) is 11.6. The molecule has 4 aliphatic heterocycles. The molecule has 0 unspecified atom stereocenters. The van der Waals surface area contributed by atoms with Crippen molar-refractivity contribution in [3.05, 3.63) is 173 Å². The Morgan fingerprint density at radius 2 is 1.29 bits per heavy atom. The number of para-hydroxylation sites is 1. The zero-order chi connectivity index (χ0) is 57.0. The Balaban J connectivity index is 1.06. The van der Waals surface area contributed by atoms with Gasteiger partial charge in [-0.25, -0.2) is 4.79 Å². The lowest BCUT2D eigenvalue weighted by molar-refractivity contribution is -0.154. The topological polar surface area (TPSA) is 241 Å². The third-order valence-electron chi connectivity index (χ3n) is 16.1. The number of nitrogens with zero attached hydrogens (tertiary/aromatic N) is 4. The first-order valence-corrected chi connectivity index (χ1v) is 28.5. The molecule has 6 aromatic rings. The van der Waals surface area contributed by atoms with Crippen LogP contribution in [0.5, 0.6) is 5.75 Å². The third kappa shape index (κ3) is 14.0. The maximum Gasteiger partial charge on any atom is 0.409 e. The van der Waals surface area contributed by atoms with E-state index in [1.165, 1.54) is 14.7 Å². The van der Waals surface area contributed by atoms with Gasteiger partial charge in [0.1, 0.15) is 43.1 Å². The second-order valence-corrected chi connectivity index (χ2v) is 21.7. The lowest BCUT2D eigenvalue weighted by atomic mass is 9.90. The average molecular weight is 1110 g/mol. The summed E-state index contributed by atoms with van der Waals surface area (Å²) in [7, 11) is 0. The molecule has 3 saturated heterocycles. The number of hydrogen-bond acceptors (Lipinski definition) is 12. The molecule has 6 amide bonds. The highest BCUT2D eigenvalue weighted by atomic mass is 16.6. The van der Waals surface area contributed by atoms with Gasteiger partial charge in [0.15, 0.2) is 5.78 Å². The summed E-state index contributed by atoms with van der Waals surface area (Å²) in [5.41, 5.74) is 11.5. The van der Waals surface area contributed by atoms with Crippen LogP contribution in [-0.2, 0) is 72.3 Å². The van der Waals surface area contributed by atoms with Gasteiger partial charge in [-0.15, -0.1) is 0 Å². The molecule has 428 valence electrons. The molecule has 0 bridgehead atoms. The van der Waals surface area contributed by atoms with Crippen LogP contribution in [0.4, 0.5) is 4.79 Å². The maximum absolute atomic E-state index is 15.9. The standard InChI is InChI=1S/C63H72N10O9/c64-25-32-81-63(80)71-30-31-72-56(40-71)60(77)67-52(24-21-42-11-3-1-4-12-42)59(76)68-53(34-47-37-66-51-18-10-9-17-50(47)51)57(74)36-48(38-70-28-26-65-27-29-70)58(75)69-54(33-43-19-22-49(23-20-43)82-41-44-13-5-2-6-14-44)61(78)73-39-46-16-8-7-15-45(46)35-55(73)62(72)79/h1-20,22-23,37,48,52-56,65-66H,21,24-36,38-41,64H2,(H,67,77)(H,68,76)(H,69,75)/t48-,52-,53+,54-,55-,56-/m0/s1. The normalized spacial score (nSPS) is 22.4. The Bertz CT molecular complexity index is 3210. The van der Waals surface area contributed by atoms with Gasteiger partial charge in [-0.2, -0.15) is 0 Å². The van der Waals surface area contributed by atoms with Crippen molar-refractivity contribution in [2.24, 2.45) is 11.7 Å². The Hall–Kier alpha value is -8.39. The van der Waals surface area contributed by atoms with E-state index in [0.29, 0.717) is 50.5 Å². The molecule has 19 nitrogen and oxygen atoms in total. The Morgan fingerprint density at radius 1 is 0.610 bits per heavy atom. The third-order valence-corrected chi connectivity index (χ3v) is 16.1. The average Bonchev–Trinajstić information content (AvgIpc) is 3.98. The number of carbonyl (C=O) groups is 7. The number of ether oxygens (including phenoxy) is 2. The van der Waals surface area contributed by atoms with E-state index in [9.17, 15) is 4.79 Å². The van der Waals surface area contributed by atoms with Crippen LogP contribution in [0.3, 0.4) is 0 Å². The molecular formula is C63H72N10O9. The quantitative estimate of drug-likeness (QED) is 0.0917. The highest BCUT2D eigenvalue weighted by Crippen LogP contribution is 2.29. The van der Waals surface area contributed by atoms with Gasteiger partial charge in [0.2, 0.25) is 29.5 Å².